The van der Waals surface area contributed by atoms with Crippen LogP contribution in [0.5, 0.6) is 0 Å². The zero-order valence-electron chi connectivity index (χ0n) is 9.15. The average molecular weight is 279 g/mol. The van der Waals surface area contributed by atoms with Crippen LogP contribution in [0.3, 0.4) is 0 Å². The highest BCUT2D eigenvalue weighted by atomic mass is 35.5. The molecule has 0 amide bonds. The minimum Gasteiger partial charge on any atom is -0.397 e. The molecule has 0 fully saturated rings. The SMILES string of the molecule is N#C/C(=C(/N)c1ccc(Cl)c(F)c1)c1cccs1. The third-order valence-electron chi connectivity index (χ3n) is 2.38. The minimum absolute atomic E-state index is 0.0289. The van der Waals surface area contributed by atoms with Gasteiger partial charge in [-0.2, -0.15) is 5.26 Å². The minimum atomic E-state index is -0.555. The molecule has 1 aromatic carbocycles. The molecule has 0 saturated carbocycles. The second kappa shape index (κ2) is 5.21. The van der Waals surface area contributed by atoms with Crippen molar-refractivity contribution in [2.75, 3.05) is 0 Å². The van der Waals surface area contributed by atoms with Gasteiger partial charge in [0.05, 0.1) is 16.3 Å². The highest BCUT2D eigenvalue weighted by molar-refractivity contribution is 7.11. The Balaban J connectivity index is 2.54. The lowest BCUT2D eigenvalue weighted by molar-refractivity contribution is 0.628. The van der Waals surface area contributed by atoms with Crippen LogP contribution in [0.25, 0.3) is 11.3 Å². The molecule has 0 atom stereocenters. The van der Waals surface area contributed by atoms with Gasteiger partial charge in [-0.05, 0) is 23.6 Å². The van der Waals surface area contributed by atoms with Gasteiger partial charge in [-0.25, -0.2) is 4.39 Å². The van der Waals surface area contributed by atoms with Crippen molar-refractivity contribution in [3.63, 3.8) is 0 Å². The zero-order chi connectivity index (χ0) is 13.1. The fourth-order valence-electron chi connectivity index (χ4n) is 1.48. The molecule has 0 unspecified atom stereocenters. The van der Waals surface area contributed by atoms with E-state index < -0.39 is 5.82 Å². The van der Waals surface area contributed by atoms with Crippen molar-refractivity contribution in [2.45, 2.75) is 0 Å². The van der Waals surface area contributed by atoms with Crippen molar-refractivity contribution in [3.05, 3.63) is 57.0 Å². The Kier molecular flexibility index (Phi) is 3.66. The molecule has 5 heteroatoms. The van der Waals surface area contributed by atoms with Gasteiger partial charge >= 0.3 is 0 Å². The summed E-state index contributed by atoms with van der Waals surface area (Å²) in [6.07, 6.45) is 0. The third kappa shape index (κ3) is 2.37. The normalized spacial score (nSPS) is 11.8. The Labute approximate surface area is 113 Å². The summed E-state index contributed by atoms with van der Waals surface area (Å²) < 4.78 is 13.4. The van der Waals surface area contributed by atoms with E-state index in [2.05, 4.69) is 0 Å². The second-order valence-corrected chi connectivity index (χ2v) is 4.86. The summed E-state index contributed by atoms with van der Waals surface area (Å²) in [6, 6.07) is 9.90. The molecule has 90 valence electrons. The van der Waals surface area contributed by atoms with Crippen LogP contribution in [0.4, 0.5) is 4.39 Å². The molecule has 0 saturated heterocycles. The molecular formula is C13H8ClFN2S. The Morgan fingerprint density at radius 2 is 2.17 bits per heavy atom. The Bertz CT molecular complexity index is 642. The summed E-state index contributed by atoms with van der Waals surface area (Å²) in [5.74, 6) is -0.555. The summed E-state index contributed by atoms with van der Waals surface area (Å²) >= 11 is 7.01. The molecular weight excluding hydrogens is 271 g/mol. The van der Waals surface area contributed by atoms with Crippen LogP contribution in [0.2, 0.25) is 5.02 Å². The monoisotopic (exact) mass is 278 g/mol. The maximum absolute atomic E-state index is 13.4. The van der Waals surface area contributed by atoms with E-state index in [-0.39, 0.29) is 10.7 Å². The number of nitrogens with two attached hydrogens (primary N) is 1. The summed E-state index contributed by atoms with van der Waals surface area (Å²) in [5.41, 5.74) is 6.95. The number of nitriles is 1. The molecule has 0 bridgehead atoms. The maximum Gasteiger partial charge on any atom is 0.142 e. The molecule has 2 rings (SSSR count). The average Bonchev–Trinajstić information content (AvgIpc) is 2.87. The molecule has 1 heterocycles. The Morgan fingerprint density at radius 1 is 1.39 bits per heavy atom. The van der Waals surface area contributed by atoms with E-state index in [9.17, 15) is 4.39 Å². The fourth-order valence-corrected chi connectivity index (χ4v) is 2.33. The fraction of sp³-hybridized carbons (Fsp3) is 0. The highest BCUT2D eigenvalue weighted by Crippen LogP contribution is 2.27. The van der Waals surface area contributed by atoms with Crippen molar-refractivity contribution in [2.24, 2.45) is 5.73 Å². The molecule has 2 nitrogen and oxygen atoms in total. The number of thiophene rings is 1. The number of benzene rings is 1. The van der Waals surface area contributed by atoms with E-state index in [1.165, 1.54) is 23.5 Å². The van der Waals surface area contributed by atoms with Gasteiger partial charge in [0, 0.05) is 10.4 Å². The van der Waals surface area contributed by atoms with Gasteiger partial charge in [-0.1, -0.05) is 23.7 Å². The largest absolute Gasteiger partial charge is 0.397 e. The number of halogens is 2. The lowest BCUT2D eigenvalue weighted by atomic mass is 10.1. The van der Waals surface area contributed by atoms with Crippen molar-refractivity contribution >= 4 is 34.2 Å². The molecule has 0 radical (unpaired) electrons. The molecule has 0 aliphatic carbocycles. The van der Waals surface area contributed by atoms with Gasteiger partial charge < -0.3 is 5.73 Å². The van der Waals surface area contributed by atoms with Crippen LogP contribution in [0.15, 0.2) is 35.7 Å². The Hall–Kier alpha value is -1.83. The van der Waals surface area contributed by atoms with Crippen LogP contribution in [-0.2, 0) is 0 Å². The molecule has 0 aliphatic heterocycles. The molecule has 0 spiro atoms. The lowest BCUT2D eigenvalue weighted by Crippen LogP contribution is -2.00. The molecule has 2 N–H and O–H groups in total. The lowest BCUT2D eigenvalue weighted by Gasteiger charge is -2.05. The van der Waals surface area contributed by atoms with Crippen LogP contribution in [0, 0.1) is 17.1 Å². The summed E-state index contributed by atoms with van der Waals surface area (Å²) in [5, 5.41) is 11.0. The molecule has 2 aromatic rings. The molecule has 18 heavy (non-hydrogen) atoms. The second-order valence-electron chi connectivity index (χ2n) is 3.51. The first-order valence-electron chi connectivity index (χ1n) is 5.02. The van der Waals surface area contributed by atoms with Crippen molar-refractivity contribution in [3.8, 4) is 6.07 Å². The van der Waals surface area contributed by atoms with Crippen molar-refractivity contribution in [1.29, 1.82) is 5.26 Å². The molecule has 0 aliphatic rings. The van der Waals surface area contributed by atoms with E-state index in [1.54, 1.807) is 12.1 Å². The topological polar surface area (TPSA) is 49.8 Å². The first-order chi connectivity index (χ1) is 8.63. The smallest absolute Gasteiger partial charge is 0.142 e. The number of hydrogen-bond acceptors (Lipinski definition) is 3. The van der Waals surface area contributed by atoms with E-state index in [0.29, 0.717) is 11.1 Å². The van der Waals surface area contributed by atoms with Crippen LogP contribution in [0.1, 0.15) is 10.4 Å². The van der Waals surface area contributed by atoms with Gasteiger partial charge in [-0.3, -0.25) is 0 Å². The summed E-state index contributed by atoms with van der Waals surface area (Å²) in [4.78, 5) is 0.755. The third-order valence-corrected chi connectivity index (χ3v) is 3.57. The predicted octanol–water partition coefficient (Wildman–Crippen LogP) is 3.89. The van der Waals surface area contributed by atoms with Crippen molar-refractivity contribution in [1.82, 2.24) is 0 Å². The maximum atomic E-state index is 13.4. The van der Waals surface area contributed by atoms with Gasteiger partial charge in [0.1, 0.15) is 11.9 Å². The summed E-state index contributed by atoms with van der Waals surface area (Å²) in [7, 11) is 0. The van der Waals surface area contributed by atoms with E-state index >= 15 is 0 Å². The van der Waals surface area contributed by atoms with Gasteiger partial charge in [-0.15, -0.1) is 11.3 Å². The molecule has 1 aromatic heterocycles. The van der Waals surface area contributed by atoms with Crippen LogP contribution >= 0.6 is 22.9 Å². The number of rotatable bonds is 2. The first-order valence-corrected chi connectivity index (χ1v) is 6.28. The van der Waals surface area contributed by atoms with E-state index in [4.69, 9.17) is 22.6 Å². The Morgan fingerprint density at radius 3 is 2.72 bits per heavy atom. The number of allylic oxidation sites excluding steroid dienone is 1. The predicted molar refractivity (Wildman–Crippen MR) is 72.3 cm³/mol. The van der Waals surface area contributed by atoms with Gasteiger partial charge in [0.2, 0.25) is 0 Å². The highest BCUT2D eigenvalue weighted by Gasteiger charge is 2.11. The van der Waals surface area contributed by atoms with Crippen molar-refractivity contribution < 1.29 is 4.39 Å². The van der Waals surface area contributed by atoms with Crippen LogP contribution < -0.4 is 5.73 Å². The van der Waals surface area contributed by atoms with E-state index in [0.717, 1.165) is 4.88 Å². The zero-order valence-corrected chi connectivity index (χ0v) is 10.7. The van der Waals surface area contributed by atoms with Gasteiger partial charge in [0.25, 0.3) is 0 Å². The van der Waals surface area contributed by atoms with Crippen LogP contribution in [-0.4, -0.2) is 0 Å². The quantitative estimate of drug-likeness (QED) is 0.847. The first kappa shape index (κ1) is 12.6. The van der Waals surface area contributed by atoms with E-state index in [1.807, 2.05) is 17.5 Å². The summed E-state index contributed by atoms with van der Waals surface area (Å²) in [6.45, 7) is 0. The standard InChI is InChI=1S/C13H8ClFN2S/c14-10-4-3-8(6-11(10)15)13(17)9(7-16)12-2-1-5-18-12/h1-6H,17H2/b13-9-. The van der Waals surface area contributed by atoms with Gasteiger partial charge in [0.15, 0.2) is 0 Å². The number of nitrogens with zero attached hydrogens (tertiary/aromatic N) is 1. The number of hydrogen-bond donors (Lipinski definition) is 1.